The summed E-state index contributed by atoms with van der Waals surface area (Å²) in [4.78, 5) is 37.3. The van der Waals surface area contributed by atoms with Crippen LogP contribution in [0.4, 0.5) is 4.79 Å². The number of amides is 3. The Bertz CT molecular complexity index is 366. The Balaban J connectivity index is 2.43. The second kappa shape index (κ2) is 7.68. The van der Waals surface area contributed by atoms with Crippen LogP contribution in [0, 0.1) is 0 Å². The Kier molecular flexibility index (Phi) is 6.23. The molecule has 0 aromatic rings. The Morgan fingerprint density at radius 2 is 1.90 bits per heavy atom. The smallest absolute Gasteiger partial charge is 0.323 e. The van der Waals surface area contributed by atoms with Crippen LogP contribution in [0.2, 0.25) is 0 Å². The van der Waals surface area contributed by atoms with E-state index in [2.05, 4.69) is 10.6 Å². The molecule has 3 N–H and O–H groups in total. The molecule has 0 saturated carbocycles. The summed E-state index contributed by atoms with van der Waals surface area (Å²) < 4.78 is 0. The summed E-state index contributed by atoms with van der Waals surface area (Å²) in [6.07, 6.45) is 0. The first-order chi connectivity index (χ1) is 9.41. The maximum absolute atomic E-state index is 11.9. The fourth-order valence-corrected chi connectivity index (χ4v) is 1.91. The van der Waals surface area contributed by atoms with Crippen molar-refractivity contribution in [3.8, 4) is 0 Å². The number of aliphatic carboxylic acids is 1. The van der Waals surface area contributed by atoms with Gasteiger partial charge in [0.05, 0.1) is 6.54 Å². The van der Waals surface area contributed by atoms with Crippen LogP contribution >= 0.6 is 0 Å². The molecule has 0 bridgehead atoms. The van der Waals surface area contributed by atoms with Crippen LogP contribution in [0.1, 0.15) is 13.8 Å². The van der Waals surface area contributed by atoms with Crippen molar-refractivity contribution in [2.75, 3.05) is 39.3 Å². The number of carboxylic acids is 1. The minimum Gasteiger partial charge on any atom is -0.480 e. The molecule has 8 heteroatoms. The third-order valence-electron chi connectivity index (χ3n) is 3.05. The zero-order valence-electron chi connectivity index (χ0n) is 11.9. The summed E-state index contributed by atoms with van der Waals surface area (Å²) in [5, 5.41) is 14.4. The fraction of sp³-hybridized carbons (Fsp3) is 0.750. The second-order valence-corrected chi connectivity index (χ2v) is 4.90. The number of piperazine rings is 1. The van der Waals surface area contributed by atoms with Crippen LogP contribution in [-0.4, -0.2) is 78.1 Å². The lowest BCUT2D eigenvalue weighted by Crippen LogP contribution is -2.52. The quantitative estimate of drug-likeness (QED) is 0.597. The molecule has 8 nitrogen and oxygen atoms in total. The molecular formula is C12H22N4O4. The monoisotopic (exact) mass is 286 g/mol. The normalized spacial score (nSPS) is 15.1. The molecule has 1 saturated heterocycles. The molecule has 0 atom stereocenters. The van der Waals surface area contributed by atoms with E-state index in [0.717, 1.165) is 13.1 Å². The molecule has 1 fully saturated rings. The predicted molar refractivity (Wildman–Crippen MR) is 72.3 cm³/mol. The van der Waals surface area contributed by atoms with Crippen molar-refractivity contribution in [1.82, 2.24) is 20.4 Å². The summed E-state index contributed by atoms with van der Waals surface area (Å²) in [6.45, 7) is 5.69. The number of carboxylic acid groups (broad SMARTS) is 1. The summed E-state index contributed by atoms with van der Waals surface area (Å²) in [5.74, 6) is -1.24. The SMILES string of the molecule is CC(C)N(CC(=O)O)C(=O)NCC(=O)N1CCNCC1. The molecule has 114 valence electrons. The molecule has 1 aliphatic heterocycles. The molecule has 1 heterocycles. The van der Waals surface area contributed by atoms with Crippen molar-refractivity contribution in [3.63, 3.8) is 0 Å². The van der Waals surface area contributed by atoms with Crippen LogP contribution in [0.15, 0.2) is 0 Å². The van der Waals surface area contributed by atoms with Crippen LogP contribution in [0.3, 0.4) is 0 Å². The number of carbonyl (C=O) groups excluding carboxylic acids is 2. The summed E-state index contributed by atoms with van der Waals surface area (Å²) in [6, 6.07) is -0.786. The zero-order chi connectivity index (χ0) is 15.1. The van der Waals surface area contributed by atoms with Crippen molar-refractivity contribution in [3.05, 3.63) is 0 Å². The molecule has 0 spiro atoms. The lowest BCUT2D eigenvalue weighted by Gasteiger charge is -2.29. The number of nitrogens with one attached hydrogen (secondary N) is 2. The number of hydrogen-bond donors (Lipinski definition) is 3. The highest BCUT2D eigenvalue weighted by atomic mass is 16.4. The lowest BCUT2D eigenvalue weighted by atomic mass is 10.3. The molecule has 1 aliphatic rings. The number of carbonyl (C=O) groups is 3. The Morgan fingerprint density at radius 1 is 1.30 bits per heavy atom. The maximum atomic E-state index is 11.9. The number of rotatable bonds is 5. The van der Waals surface area contributed by atoms with Crippen LogP contribution < -0.4 is 10.6 Å². The first-order valence-electron chi connectivity index (χ1n) is 6.66. The van der Waals surface area contributed by atoms with E-state index in [-0.39, 0.29) is 25.0 Å². The first-order valence-corrected chi connectivity index (χ1v) is 6.66. The van der Waals surface area contributed by atoms with E-state index in [1.54, 1.807) is 18.7 Å². The largest absolute Gasteiger partial charge is 0.480 e. The topological polar surface area (TPSA) is 102 Å². The van der Waals surface area contributed by atoms with Gasteiger partial charge in [-0.15, -0.1) is 0 Å². The molecule has 0 aromatic carbocycles. The van der Waals surface area contributed by atoms with Crippen molar-refractivity contribution in [1.29, 1.82) is 0 Å². The van der Waals surface area contributed by atoms with E-state index < -0.39 is 12.0 Å². The van der Waals surface area contributed by atoms with E-state index in [4.69, 9.17) is 5.11 Å². The highest BCUT2D eigenvalue weighted by Gasteiger charge is 2.22. The summed E-state index contributed by atoms with van der Waals surface area (Å²) in [5.41, 5.74) is 0. The van der Waals surface area contributed by atoms with Gasteiger partial charge in [-0.3, -0.25) is 9.59 Å². The molecule has 20 heavy (non-hydrogen) atoms. The molecule has 0 unspecified atom stereocenters. The van der Waals surface area contributed by atoms with Gasteiger partial charge < -0.3 is 25.5 Å². The zero-order valence-corrected chi connectivity index (χ0v) is 11.9. The Labute approximate surface area is 118 Å². The van der Waals surface area contributed by atoms with Gasteiger partial charge in [-0.25, -0.2) is 4.79 Å². The van der Waals surface area contributed by atoms with Gasteiger partial charge in [-0.1, -0.05) is 0 Å². The van der Waals surface area contributed by atoms with Crippen LogP contribution in [0.5, 0.6) is 0 Å². The molecule has 1 rings (SSSR count). The molecular weight excluding hydrogens is 264 g/mol. The van der Waals surface area contributed by atoms with Gasteiger partial charge in [0.25, 0.3) is 0 Å². The van der Waals surface area contributed by atoms with Crippen LogP contribution in [-0.2, 0) is 9.59 Å². The van der Waals surface area contributed by atoms with Crippen molar-refractivity contribution in [2.24, 2.45) is 0 Å². The standard InChI is InChI=1S/C12H22N4O4/c1-9(2)16(8-11(18)19)12(20)14-7-10(17)15-5-3-13-4-6-15/h9,13H,3-8H2,1-2H3,(H,14,20)(H,18,19). The van der Waals surface area contributed by atoms with Gasteiger partial charge in [0.2, 0.25) is 5.91 Å². The molecule has 3 amide bonds. The Morgan fingerprint density at radius 3 is 2.40 bits per heavy atom. The van der Waals surface area contributed by atoms with Gasteiger partial charge >= 0.3 is 12.0 Å². The third kappa shape index (κ3) is 5.04. The van der Waals surface area contributed by atoms with Gasteiger partial charge in [0, 0.05) is 32.2 Å². The summed E-state index contributed by atoms with van der Waals surface area (Å²) in [7, 11) is 0. The number of nitrogens with zero attached hydrogens (tertiary/aromatic N) is 2. The van der Waals surface area contributed by atoms with E-state index in [1.165, 1.54) is 4.90 Å². The van der Waals surface area contributed by atoms with E-state index >= 15 is 0 Å². The molecule has 0 aliphatic carbocycles. The van der Waals surface area contributed by atoms with Crippen molar-refractivity contribution in [2.45, 2.75) is 19.9 Å². The van der Waals surface area contributed by atoms with E-state index in [9.17, 15) is 14.4 Å². The Hall–Kier alpha value is -1.83. The molecule has 0 aromatic heterocycles. The minimum atomic E-state index is -1.08. The first kappa shape index (κ1) is 16.2. The van der Waals surface area contributed by atoms with Crippen LogP contribution in [0.25, 0.3) is 0 Å². The van der Waals surface area contributed by atoms with Gasteiger partial charge in [0.1, 0.15) is 6.54 Å². The highest BCUT2D eigenvalue weighted by Crippen LogP contribution is 1.99. The summed E-state index contributed by atoms with van der Waals surface area (Å²) >= 11 is 0. The number of urea groups is 1. The third-order valence-corrected chi connectivity index (χ3v) is 3.05. The fourth-order valence-electron chi connectivity index (χ4n) is 1.91. The highest BCUT2D eigenvalue weighted by molar-refractivity contribution is 5.85. The molecule has 0 radical (unpaired) electrons. The number of hydrogen-bond acceptors (Lipinski definition) is 4. The van der Waals surface area contributed by atoms with Gasteiger partial charge in [-0.05, 0) is 13.8 Å². The van der Waals surface area contributed by atoms with Gasteiger partial charge in [-0.2, -0.15) is 0 Å². The second-order valence-electron chi connectivity index (χ2n) is 4.90. The van der Waals surface area contributed by atoms with E-state index in [1.807, 2.05) is 0 Å². The lowest BCUT2D eigenvalue weighted by molar-refractivity contribution is -0.138. The van der Waals surface area contributed by atoms with E-state index in [0.29, 0.717) is 13.1 Å². The average Bonchev–Trinajstić information content (AvgIpc) is 2.42. The van der Waals surface area contributed by atoms with Crippen molar-refractivity contribution >= 4 is 17.9 Å². The van der Waals surface area contributed by atoms with Crippen molar-refractivity contribution < 1.29 is 19.5 Å². The maximum Gasteiger partial charge on any atom is 0.323 e. The average molecular weight is 286 g/mol. The van der Waals surface area contributed by atoms with Gasteiger partial charge in [0.15, 0.2) is 0 Å². The predicted octanol–water partition coefficient (Wildman–Crippen LogP) is -1.08. The minimum absolute atomic E-state index is 0.109.